The molecule has 1 aromatic heterocycles. The number of ether oxygens (including phenoxy) is 2. The molecule has 0 bridgehead atoms. The molecule has 0 fully saturated rings. The third-order valence-corrected chi connectivity index (χ3v) is 5.45. The van der Waals surface area contributed by atoms with Crippen molar-refractivity contribution >= 4 is 23.2 Å². The highest BCUT2D eigenvalue weighted by atomic mass is 32.1. The average molecular weight is 380 g/mol. The highest BCUT2D eigenvalue weighted by Gasteiger charge is 2.30. The normalized spacial score (nSPS) is 14.3. The summed E-state index contributed by atoms with van der Waals surface area (Å²) in [5.41, 5.74) is 3.13. The van der Waals surface area contributed by atoms with Crippen molar-refractivity contribution in [3.8, 4) is 11.5 Å². The first-order valence-corrected chi connectivity index (χ1v) is 9.40. The van der Waals surface area contributed by atoms with Crippen LogP contribution in [0.25, 0.3) is 6.08 Å². The second-order valence-corrected chi connectivity index (χ2v) is 7.34. The lowest BCUT2D eigenvalue weighted by atomic mass is 10.1. The van der Waals surface area contributed by atoms with Gasteiger partial charge in [-0.25, -0.2) is 4.39 Å². The van der Waals surface area contributed by atoms with Crippen LogP contribution in [0.15, 0.2) is 53.6 Å². The molecule has 0 amide bonds. The smallest absolute Gasteiger partial charge is 0.232 e. The summed E-state index contributed by atoms with van der Waals surface area (Å²) in [5, 5.41) is 1.98. The van der Waals surface area contributed by atoms with E-state index in [4.69, 9.17) is 9.47 Å². The van der Waals surface area contributed by atoms with Crippen molar-refractivity contribution in [2.75, 3.05) is 0 Å². The predicted molar refractivity (Wildman–Crippen MR) is 104 cm³/mol. The molecule has 0 radical (unpaired) electrons. The molecule has 0 spiro atoms. The van der Waals surface area contributed by atoms with Crippen LogP contribution >= 0.6 is 11.3 Å². The number of aryl methyl sites for hydroxylation is 1. The van der Waals surface area contributed by atoms with E-state index in [0.717, 1.165) is 21.6 Å². The van der Waals surface area contributed by atoms with Crippen molar-refractivity contribution in [3.05, 3.63) is 86.6 Å². The number of ketones is 1. The Morgan fingerprint density at radius 1 is 1.19 bits per heavy atom. The molecule has 0 aliphatic carbocycles. The number of Topliss-reactive ketones (excluding diaryl/α,β-unsaturated/α-hetero) is 1. The number of hydrogen-bond acceptors (Lipinski definition) is 4. The van der Waals surface area contributed by atoms with E-state index in [-0.39, 0.29) is 18.2 Å². The van der Waals surface area contributed by atoms with E-state index in [1.54, 1.807) is 41.7 Å². The van der Waals surface area contributed by atoms with Gasteiger partial charge < -0.3 is 9.47 Å². The minimum absolute atomic E-state index is 0.127. The van der Waals surface area contributed by atoms with E-state index in [9.17, 15) is 9.18 Å². The van der Waals surface area contributed by atoms with Crippen molar-refractivity contribution in [1.82, 2.24) is 0 Å². The van der Waals surface area contributed by atoms with Gasteiger partial charge in [-0.2, -0.15) is 0 Å². The van der Waals surface area contributed by atoms with Crippen LogP contribution in [0.1, 0.15) is 31.9 Å². The standard InChI is InChI=1S/C22H17FO3S/c1-13-8-9-27-20(13)11-19-21(24)17-6-7-18(14(2)22(17)26-19)25-12-15-4-3-5-16(23)10-15/h3-11H,12H2,1-2H3/b19-11-. The average Bonchev–Trinajstić information content (AvgIpc) is 3.19. The largest absolute Gasteiger partial charge is 0.488 e. The molecule has 3 aromatic rings. The Bertz CT molecular complexity index is 1070. The van der Waals surface area contributed by atoms with E-state index in [0.29, 0.717) is 22.8 Å². The number of carbonyl (C=O) groups is 1. The molecule has 2 heterocycles. The van der Waals surface area contributed by atoms with Crippen LogP contribution in [0.3, 0.4) is 0 Å². The minimum atomic E-state index is -0.297. The van der Waals surface area contributed by atoms with Crippen molar-refractivity contribution in [2.45, 2.75) is 20.5 Å². The molecule has 27 heavy (non-hydrogen) atoms. The molecular weight excluding hydrogens is 363 g/mol. The summed E-state index contributed by atoms with van der Waals surface area (Å²) in [4.78, 5) is 13.6. The van der Waals surface area contributed by atoms with Gasteiger partial charge >= 0.3 is 0 Å². The maximum Gasteiger partial charge on any atom is 0.232 e. The van der Waals surface area contributed by atoms with E-state index in [2.05, 4.69) is 0 Å². The van der Waals surface area contributed by atoms with Gasteiger partial charge in [0, 0.05) is 16.5 Å². The molecule has 4 rings (SSSR count). The number of carbonyl (C=O) groups excluding carboxylic acids is 1. The van der Waals surface area contributed by atoms with Crippen LogP contribution in [0.2, 0.25) is 0 Å². The van der Waals surface area contributed by atoms with Crippen LogP contribution in [-0.4, -0.2) is 5.78 Å². The van der Waals surface area contributed by atoms with Crippen LogP contribution in [-0.2, 0) is 6.61 Å². The van der Waals surface area contributed by atoms with Crippen LogP contribution in [0, 0.1) is 19.7 Å². The Morgan fingerprint density at radius 2 is 2.04 bits per heavy atom. The molecule has 136 valence electrons. The number of fused-ring (bicyclic) bond motifs is 1. The number of allylic oxidation sites excluding steroid dienone is 1. The van der Waals surface area contributed by atoms with Crippen molar-refractivity contribution < 1.29 is 18.7 Å². The lowest BCUT2D eigenvalue weighted by molar-refractivity contribution is 0.101. The second kappa shape index (κ2) is 7.00. The van der Waals surface area contributed by atoms with Crippen LogP contribution < -0.4 is 9.47 Å². The Hall–Kier alpha value is -2.92. The van der Waals surface area contributed by atoms with Crippen LogP contribution in [0.5, 0.6) is 11.5 Å². The number of hydrogen-bond donors (Lipinski definition) is 0. The summed E-state index contributed by atoms with van der Waals surface area (Å²) < 4.78 is 25.0. The quantitative estimate of drug-likeness (QED) is 0.545. The molecule has 0 saturated carbocycles. The highest BCUT2D eigenvalue weighted by molar-refractivity contribution is 7.11. The van der Waals surface area contributed by atoms with Gasteiger partial charge in [0.1, 0.15) is 23.9 Å². The zero-order chi connectivity index (χ0) is 19.0. The SMILES string of the molecule is Cc1ccsc1/C=C1\Oc2c(ccc(OCc3cccc(F)c3)c2C)C1=O. The van der Waals surface area contributed by atoms with E-state index >= 15 is 0 Å². The van der Waals surface area contributed by atoms with Crippen molar-refractivity contribution in [2.24, 2.45) is 0 Å². The second-order valence-electron chi connectivity index (χ2n) is 6.39. The van der Waals surface area contributed by atoms with Crippen molar-refractivity contribution in [3.63, 3.8) is 0 Å². The number of rotatable bonds is 4. The van der Waals surface area contributed by atoms with Gasteiger partial charge in [-0.3, -0.25) is 4.79 Å². The molecule has 1 aliphatic rings. The van der Waals surface area contributed by atoms with Gasteiger partial charge in [0.2, 0.25) is 5.78 Å². The molecule has 2 aromatic carbocycles. The molecule has 0 atom stereocenters. The summed E-state index contributed by atoms with van der Waals surface area (Å²) in [6, 6.07) is 11.8. The first-order chi connectivity index (χ1) is 13.0. The molecule has 5 heteroatoms. The Labute approximate surface area is 160 Å². The van der Waals surface area contributed by atoms with Gasteiger partial charge in [0.15, 0.2) is 5.76 Å². The van der Waals surface area contributed by atoms with E-state index in [1.165, 1.54) is 12.1 Å². The lowest BCUT2D eigenvalue weighted by Crippen LogP contribution is -1.98. The number of benzene rings is 2. The molecule has 1 aliphatic heterocycles. The molecular formula is C22H17FO3S. The molecule has 3 nitrogen and oxygen atoms in total. The van der Waals surface area contributed by atoms with E-state index in [1.807, 2.05) is 25.3 Å². The molecule has 0 N–H and O–H groups in total. The first kappa shape index (κ1) is 17.5. The maximum atomic E-state index is 13.3. The fourth-order valence-corrected chi connectivity index (χ4v) is 3.81. The number of halogens is 1. The Balaban J connectivity index is 1.58. The first-order valence-electron chi connectivity index (χ1n) is 8.52. The fraction of sp³-hybridized carbons (Fsp3) is 0.136. The van der Waals surface area contributed by atoms with Gasteiger partial charge in [-0.1, -0.05) is 12.1 Å². The topological polar surface area (TPSA) is 35.5 Å². The van der Waals surface area contributed by atoms with Gasteiger partial charge in [0.05, 0.1) is 5.56 Å². The monoisotopic (exact) mass is 380 g/mol. The minimum Gasteiger partial charge on any atom is -0.488 e. The lowest BCUT2D eigenvalue weighted by Gasteiger charge is -2.11. The molecule has 0 unspecified atom stereocenters. The van der Waals surface area contributed by atoms with Gasteiger partial charge in [-0.05, 0) is 60.7 Å². The molecule has 0 saturated heterocycles. The van der Waals surface area contributed by atoms with Crippen molar-refractivity contribution in [1.29, 1.82) is 0 Å². The number of thiophene rings is 1. The highest BCUT2D eigenvalue weighted by Crippen LogP contribution is 2.39. The predicted octanol–water partition coefficient (Wildman–Crippen LogP) is 5.70. The summed E-state index contributed by atoms with van der Waals surface area (Å²) in [5.74, 6) is 1.03. The Morgan fingerprint density at radius 3 is 2.78 bits per heavy atom. The zero-order valence-corrected chi connectivity index (χ0v) is 15.7. The third-order valence-electron chi connectivity index (χ3n) is 4.48. The third kappa shape index (κ3) is 3.38. The maximum absolute atomic E-state index is 13.3. The van der Waals surface area contributed by atoms with E-state index < -0.39 is 0 Å². The van der Waals surface area contributed by atoms with Gasteiger partial charge in [0.25, 0.3) is 0 Å². The summed E-state index contributed by atoms with van der Waals surface area (Å²) in [6.45, 7) is 4.09. The fourth-order valence-electron chi connectivity index (χ4n) is 2.96. The van der Waals surface area contributed by atoms with Gasteiger partial charge in [-0.15, -0.1) is 11.3 Å². The summed E-state index contributed by atoms with van der Waals surface area (Å²) >= 11 is 1.57. The Kier molecular flexibility index (Phi) is 4.54. The summed E-state index contributed by atoms with van der Waals surface area (Å²) in [6.07, 6.45) is 1.79. The zero-order valence-electron chi connectivity index (χ0n) is 14.9. The van der Waals surface area contributed by atoms with Crippen LogP contribution in [0.4, 0.5) is 4.39 Å². The summed E-state index contributed by atoms with van der Waals surface area (Å²) in [7, 11) is 0.